The van der Waals surface area contributed by atoms with Gasteiger partial charge in [-0.25, -0.2) is 9.97 Å². The molecule has 124 valence electrons. The molecule has 1 aliphatic heterocycles. The van der Waals surface area contributed by atoms with Crippen LogP contribution < -0.4 is 15.5 Å². The van der Waals surface area contributed by atoms with E-state index in [1.165, 1.54) is 0 Å². The Morgan fingerprint density at radius 1 is 1.12 bits per heavy atom. The van der Waals surface area contributed by atoms with Crippen molar-refractivity contribution in [2.75, 3.05) is 29.9 Å². The van der Waals surface area contributed by atoms with Crippen molar-refractivity contribution in [2.45, 2.75) is 6.42 Å². The molecule has 2 heterocycles. The van der Waals surface area contributed by atoms with Crippen LogP contribution in [0.2, 0.25) is 0 Å². The monoisotopic (exact) mass is 325 g/mol. The maximum absolute atomic E-state index is 12.2. The van der Waals surface area contributed by atoms with Gasteiger partial charge in [-0.05, 0) is 18.2 Å². The maximum Gasteiger partial charge on any atom is 0.227 e. The first-order chi connectivity index (χ1) is 11.7. The summed E-state index contributed by atoms with van der Waals surface area (Å²) in [6.07, 6.45) is 3.54. The maximum atomic E-state index is 12.2. The molecule has 0 saturated carbocycles. The van der Waals surface area contributed by atoms with Gasteiger partial charge in [-0.2, -0.15) is 0 Å². The van der Waals surface area contributed by atoms with Gasteiger partial charge in [0.25, 0.3) is 0 Å². The van der Waals surface area contributed by atoms with Gasteiger partial charge < -0.3 is 15.5 Å². The lowest BCUT2D eigenvalue weighted by Crippen LogP contribution is -2.35. The number of nitrogens with one attached hydrogen (secondary N) is 2. The van der Waals surface area contributed by atoms with E-state index in [0.717, 1.165) is 5.69 Å². The van der Waals surface area contributed by atoms with Gasteiger partial charge in [0.1, 0.15) is 0 Å². The van der Waals surface area contributed by atoms with Gasteiger partial charge in [-0.3, -0.25) is 9.59 Å². The van der Waals surface area contributed by atoms with Crippen LogP contribution in [0, 0.1) is 5.92 Å². The lowest BCUT2D eigenvalue weighted by atomic mass is 10.1. The molecule has 2 aromatic rings. The molecule has 7 heteroatoms. The molecule has 1 aliphatic rings. The van der Waals surface area contributed by atoms with Crippen LogP contribution in [0.5, 0.6) is 0 Å². The van der Waals surface area contributed by atoms with Gasteiger partial charge in [0.2, 0.25) is 17.8 Å². The second-order valence-corrected chi connectivity index (χ2v) is 5.53. The number of hydrogen-bond acceptors (Lipinski definition) is 5. The number of aromatic nitrogens is 2. The fourth-order valence-corrected chi connectivity index (χ4v) is 2.64. The Labute approximate surface area is 140 Å². The second-order valence-electron chi connectivity index (χ2n) is 5.53. The van der Waals surface area contributed by atoms with Gasteiger partial charge in [-0.1, -0.05) is 18.2 Å². The second kappa shape index (κ2) is 7.54. The van der Waals surface area contributed by atoms with E-state index in [0.29, 0.717) is 25.6 Å². The van der Waals surface area contributed by atoms with Crippen LogP contribution in [0.4, 0.5) is 11.6 Å². The number of nitrogens with zero attached hydrogens (tertiary/aromatic N) is 3. The molecule has 7 nitrogen and oxygen atoms in total. The van der Waals surface area contributed by atoms with E-state index in [-0.39, 0.29) is 24.2 Å². The van der Waals surface area contributed by atoms with Crippen molar-refractivity contribution in [2.24, 2.45) is 5.92 Å². The molecular formula is C17H19N5O2. The Hall–Kier alpha value is -2.96. The number of benzene rings is 1. The summed E-state index contributed by atoms with van der Waals surface area (Å²) >= 11 is 0. The zero-order chi connectivity index (χ0) is 16.8. The summed E-state index contributed by atoms with van der Waals surface area (Å²) in [5, 5.41) is 5.87. The smallest absolute Gasteiger partial charge is 0.227 e. The Kier molecular flexibility index (Phi) is 5.00. The summed E-state index contributed by atoms with van der Waals surface area (Å²) in [5.41, 5.74) is 0.834. The van der Waals surface area contributed by atoms with Crippen molar-refractivity contribution in [1.82, 2.24) is 15.3 Å². The van der Waals surface area contributed by atoms with Crippen molar-refractivity contribution in [3.05, 3.63) is 48.8 Å². The molecule has 3 rings (SSSR count). The molecule has 1 aromatic carbocycles. The highest BCUT2D eigenvalue weighted by Gasteiger charge is 2.34. The van der Waals surface area contributed by atoms with E-state index >= 15 is 0 Å². The first-order valence-corrected chi connectivity index (χ1v) is 7.88. The predicted molar refractivity (Wildman–Crippen MR) is 90.4 cm³/mol. The molecule has 1 aromatic heterocycles. The highest BCUT2D eigenvalue weighted by molar-refractivity contribution is 6.00. The van der Waals surface area contributed by atoms with E-state index in [1.807, 2.05) is 30.3 Å². The number of amides is 2. The minimum absolute atomic E-state index is 0.0165. The normalized spacial score (nSPS) is 16.9. The average Bonchev–Trinajstić information content (AvgIpc) is 3.02. The minimum atomic E-state index is -0.314. The zero-order valence-corrected chi connectivity index (χ0v) is 13.2. The lowest BCUT2D eigenvalue weighted by Gasteiger charge is -2.16. The lowest BCUT2D eigenvalue weighted by molar-refractivity contribution is -0.126. The predicted octanol–water partition coefficient (Wildman–Crippen LogP) is 1.06. The summed E-state index contributed by atoms with van der Waals surface area (Å²) in [5.74, 6) is 0.0958. The van der Waals surface area contributed by atoms with Gasteiger partial charge in [0, 0.05) is 44.1 Å². The first-order valence-electron chi connectivity index (χ1n) is 7.88. The molecule has 0 aliphatic carbocycles. The topological polar surface area (TPSA) is 87.2 Å². The molecular weight excluding hydrogens is 306 g/mol. The Bertz CT molecular complexity index is 693. The Balaban J connectivity index is 1.45. The van der Waals surface area contributed by atoms with Gasteiger partial charge in [0.05, 0.1) is 5.92 Å². The van der Waals surface area contributed by atoms with E-state index in [2.05, 4.69) is 20.6 Å². The van der Waals surface area contributed by atoms with Gasteiger partial charge in [-0.15, -0.1) is 0 Å². The Morgan fingerprint density at radius 2 is 1.88 bits per heavy atom. The van der Waals surface area contributed by atoms with Crippen molar-refractivity contribution in [3.8, 4) is 0 Å². The van der Waals surface area contributed by atoms with Crippen LogP contribution in [0.3, 0.4) is 0 Å². The van der Waals surface area contributed by atoms with Crippen LogP contribution in [-0.2, 0) is 9.59 Å². The SMILES string of the molecule is O=C(NCCNc1ncccn1)C1CC(=O)N(c2ccccc2)C1. The van der Waals surface area contributed by atoms with Crippen molar-refractivity contribution >= 4 is 23.5 Å². The number of rotatable bonds is 6. The molecule has 1 unspecified atom stereocenters. The van der Waals surface area contributed by atoms with Crippen LogP contribution in [0.15, 0.2) is 48.8 Å². The van der Waals surface area contributed by atoms with E-state index in [1.54, 1.807) is 23.4 Å². The van der Waals surface area contributed by atoms with Crippen LogP contribution in [0.1, 0.15) is 6.42 Å². The molecule has 0 radical (unpaired) electrons. The first kappa shape index (κ1) is 15.9. The third-order valence-corrected chi connectivity index (χ3v) is 3.84. The highest BCUT2D eigenvalue weighted by Crippen LogP contribution is 2.24. The van der Waals surface area contributed by atoms with Crippen molar-refractivity contribution in [1.29, 1.82) is 0 Å². The minimum Gasteiger partial charge on any atom is -0.354 e. The number of para-hydroxylation sites is 1. The molecule has 0 bridgehead atoms. The van der Waals surface area contributed by atoms with Gasteiger partial charge >= 0.3 is 0 Å². The quantitative estimate of drug-likeness (QED) is 0.776. The van der Waals surface area contributed by atoms with Crippen LogP contribution in [0.25, 0.3) is 0 Å². The standard InChI is InChI=1S/C17H19N5O2/c23-15-11-13(12-22(15)14-5-2-1-3-6-14)16(24)18-9-10-21-17-19-7-4-8-20-17/h1-8,13H,9-12H2,(H,18,24)(H,19,20,21). The molecule has 1 saturated heterocycles. The molecule has 1 atom stereocenters. The summed E-state index contributed by atoms with van der Waals surface area (Å²) in [6, 6.07) is 11.2. The third kappa shape index (κ3) is 3.87. The van der Waals surface area contributed by atoms with Crippen LogP contribution >= 0.6 is 0 Å². The highest BCUT2D eigenvalue weighted by atomic mass is 16.2. The summed E-state index contributed by atoms with van der Waals surface area (Å²) in [6.45, 7) is 1.40. The Morgan fingerprint density at radius 3 is 2.62 bits per heavy atom. The average molecular weight is 325 g/mol. The molecule has 24 heavy (non-hydrogen) atoms. The summed E-state index contributed by atoms with van der Waals surface area (Å²) < 4.78 is 0. The summed E-state index contributed by atoms with van der Waals surface area (Å²) in [4.78, 5) is 34.1. The number of hydrogen-bond donors (Lipinski definition) is 2. The van der Waals surface area contributed by atoms with Crippen molar-refractivity contribution < 1.29 is 9.59 Å². The molecule has 2 amide bonds. The molecule has 0 spiro atoms. The van der Waals surface area contributed by atoms with E-state index in [9.17, 15) is 9.59 Å². The fraction of sp³-hybridized carbons (Fsp3) is 0.294. The summed E-state index contributed by atoms with van der Waals surface area (Å²) in [7, 11) is 0. The van der Waals surface area contributed by atoms with Crippen molar-refractivity contribution in [3.63, 3.8) is 0 Å². The van der Waals surface area contributed by atoms with Crippen LogP contribution in [-0.4, -0.2) is 41.4 Å². The fourth-order valence-electron chi connectivity index (χ4n) is 2.64. The zero-order valence-electron chi connectivity index (χ0n) is 13.2. The third-order valence-electron chi connectivity index (χ3n) is 3.84. The van der Waals surface area contributed by atoms with E-state index < -0.39 is 0 Å². The molecule has 2 N–H and O–H groups in total. The van der Waals surface area contributed by atoms with E-state index in [4.69, 9.17) is 0 Å². The largest absolute Gasteiger partial charge is 0.354 e. The van der Waals surface area contributed by atoms with Gasteiger partial charge in [0.15, 0.2) is 0 Å². The number of anilines is 2. The molecule has 1 fully saturated rings. The number of carbonyl (C=O) groups excluding carboxylic acids is 2. The number of carbonyl (C=O) groups is 2.